The molecule has 0 unspecified atom stereocenters. The second kappa shape index (κ2) is 5.87. The van der Waals surface area contributed by atoms with Crippen LogP contribution in [0.15, 0.2) is 23.1 Å². The molecule has 2 fully saturated rings. The number of nitro benzene ring substituents is 1. The topological polar surface area (TPSA) is 89.3 Å². The molecule has 23 heavy (non-hydrogen) atoms. The number of benzene rings is 1. The summed E-state index contributed by atoms with van der Waals surface area (Å²) in [5.41, 5.74) is 0.312. The Morgan fingerprint density at radius 2 is 2.04 bits per heavy atom. The summed E-state index contributed by atoms with van der Waals surface area (Å²) in [5.74, 6) is 1.74. The first-order chi connectivity index (χ1) is 10.8. The van der Waals surface area contributed by atoms with Gasteiger partial charge >= 0.3 is 0 Å². The van der Waals surface area contributed by atoms with E-state index in [1.165, 1.54) is 31.4 Å². The zero-order chi connectivity index (χ0) is 16.8. The third-order valence-electron chi connectivity index (χ3n) is 5.45. The second-order valence-electron chi connectivity index (χ2n) is 6.96. The summed E-state index contributed by atoms with van der Waals surface area (Å²) in [5, 5.41) is 10.9. The predicted octanol–water partition coefficient (Wildman–Crippen LogP) is 3.01. The molecule has 0 heterocycles. The quantitative estimate of drug-likeness (QED) is 0.660. The van der Waals surface area contributed by atoms with Crippen LogP contribution in [-0.2, 0) is 10.0 Å². The lowest BCUT2D eigenvalue weighted by Crippen LogP contribution is -2.40. The highest BCUT2D eigenvalue weighted by atomic mass is 32.2. The maximum absolute atomic E-state index is 12.7. The minimum atomic E-state index is -3.75. The van der Waals surface area contributed by atoms with E-state index < -0.39 is 14.9 Å². The van der Waals surface area contributed by atoms with Crippen LogP contribution in [0.1, 0.15) is 38.2 Å². The lowest BCUT2D eigenvalue weighted by Gasteiger charge is -2.28. The van der Waals surface area contributed by atoms with E-state index >= 15 is 0 Å². The van der Waals surface area contributed by atoms with Crippen molar-refractivity contribution in [3.8, 4) is 0 Å². The maximum atomic E-state index is 12.7. The van der Waals surface area contributed by atoms with Gasteiger partial charge in [-0.3, -0.25) is 10.1 Å². The zero-order valence-corrected chi connectivity index (χ0v) is 14.2. The minimum Gasteiger partial charge on any atom is -0.258 e. The molecule has 2 bridgehead atoms. The van der Waals surface area contributed by atoms with Crippen molar-refractivity contribution in [2.75, 3.05) is 0 Å². The highest BCUT2D eigenvalue weighted by Gasteiger charge is 2.42. The molecule has 2 aliphatic rings. The third kappa shape index (κ3) is 3.12. The number of sulfonamides is 1. The molecular formula is C16H22N2O4S. The Morgan fingerprint density at radius 1 is 1.30 bits per heavy atom. The Labute approximate surface area is 136 Å². The highest BCUT2D eigenvalue weighted by Crippen LogP contribution is 2.49. The molecule has 0 amide bonds. The van der Waals surface area contributed by atoms with Gasteiger partial charge in [-0.1, -0.05) is 12.5 Å². The van der Waals surface area contributed by atoms with Crippen molar-refractivity contribution in [1.29, 1.82) is 0 Å². The van der Waals surface area contributed by atoms with Crippen LogP contribution < -0.4 is 4.72 Å². The second-order valence-corrected chi connectivity index (χ2v) is 8.64. The van der Waals surface area contributed by atoms with Crippen LogP contribution in [0.5, 0.6) is 0 Å². The summed E-state index contributed by atoms with van der Waals surface area (Å²) in [6.07, 6.45) is 4.76. The normalized spacial score (nSPS) is 28.0. The summed E-state index contributed by atoms with van der Waals surface area (Å²) in [6, 6.07) is 3.81. The van der Waals surface area contributed by atoms with Gasteiger partial charge in [0.2, 0.25) is 10.0 Å². The first-order valence-corrected chi connectivity index (χ1v) is 9.53. The van der Waals surface area contributed by atoms with Crippen LogP contribution in [0.3, 0.4) is 0 Å². The summed E-state index contributed by atoms with van der Waals surface area (Å²) in [4.78, 5) is 10.3. The van der Waals surface area contributed by atoms with E-state index in [1.807, 2.05) is 6.92 Å². The molecule has 4 atom stereocenters. The Kier molecular flexibility index (Phi) is 4.18. The third-order valence-corrected chi connectivity index (χ3v) is 7.15. The molecule has 0 radical (unpaired) electrons. The van der Waals surface area contributed by atoms with Crippen molar-refractivity contribution >= 4 is 15.7 Å². The number of aryl methyl sites for hydroxylation is 1. The first-order valence-electron chi connectivity index (χ1n) is 8.05. The zero-order valence-electron chi connectivity index (χ0n) is 13.4. The van der Waals surface area contributed by atoms with Gasteiger partial charge in [-0.2, -0.15) is 0 Å². The molecule has 3 rings (SSSR count). The van der Waals surface area contributed by atoms with Crippen molar-refractivity contribution in [2.45, 2.75) is 50.5 Å². The van der Waals surface area contributed by atoms with Gasteiger partial charge in [-0.15, -0.1) is 0 Å². The molecule has 1 N–H and O–H groups in total. The van der Waals surface area contributed by atoms with Gasteiger partial charge < -0.3 is 0 Å². The molecule has 6 nitrogen and oxygen atoms in total. The Hall–Kier alpha value is -1.47. The molecule has 0 aromatic heterocycles. The summed E-state index contributed by atoms with van der Waals surface area (Å²) in [7, 11) is -3.75. The number of hydrogen-bond donors (Lipinski definition) is 1. The molecule has 1 aromatic carbocycles. The van der Waals surface area contributed by atoms with Crippen molar-refractivity contribution in [2.24, 2.45) is 17.8 Å². The fraction of sp³-hybridized carbons (Fsp3) is 0.625. The molecule has 2 saturated carbocycles. The highest BCUT2D eigenvalue weighted by molar-refractivity contribution is 7.89. The number of nitrogens with zero attached hydrogens (tertiary/aromatic N) is 1. The van der Waals surface area contributed by atoms with Gasteiger partial charge in [-0.25, -0.2) is 13.1 Å². The van der Waals surface area contributed by atoms with Crippen molar-refractivity contribution in [3.05, 3.63) is 33.9 Å². The van der Waals surface area contributed by atoms with Crippen molar-refractivity contribution < 1.29 is 13.3 Å². The minimum absolute atomic E-state index is 0.00158. The summed E-state index contributed by atoms with van der Waals surface area (Å²) < 4.78 is 28.1. The van der Waals surface area contributed by atoms with Crippen LogP contribution in [0.2, 0.25) is 0 Å². The van der Waals surface area contributed by atoms with Crippen molar-refractivity contribution in [3.63, 3.8) is 0 Å². The molecule has 0 aliphatic heterocycles. The van der Waals surface area contributed by atoms with Crippen LogP contribution in [0.25, 0.3) is 0 Å². The average molecular weight is 338 g/mol. The van der Waals surface area contributed by atoms with E-state index in [0.29, 0.717) is 17.4 Å². The van der Waals surface area contributed by atoms with E-state index in [-0.39, 0.29) is 16.6 Å². The van der Waals surface area contributed by atoms with Gasteiger partial charge in [-0.05, 0) is 56.4 Å². The Morgan fingerprint density at radius 3 is 2.61 bits per heavy atom. The fourth-order valence-corrected chi connectivity index (χ4v) is 5.85. The molecule has 126 valence electrons. The van der Waals surface area contributed by atoms with Crippen LogP contribution >= 0.6 is 0 Å². The van der Waals surface area contributed by atoms with Crippen molar-refractivity contribution in [1.82, 2.24) is 4.72 Å². The van der Waals surface area contributed by atoms with Crippen LogP contribution in [0.4, 0.5) is 5.69 Å². The lowest BCUT2D eigenvalue weighted by molar-refractivity contribution is -0.385. The number of rotatable bonds is 5. The number of nitro groups is 1. The molecule has 2 aliphatic carbocycles. The SMILES string of the molecule is Cc1ccc([N+](=O)[O-])cc1S(=O)(=O)N[C@@H](C)[C@H]1C[C@H]2CC[C@H]1C2. The Balaban J connectivity index is 1.81. The fourth-order valence-electron chi connectivity index (χ4n) is 4.29. The number of fused-ring (bicyclic) bond motifs is 2. The molecular weight excluding hydrogens is 316 g/mol. The molecule has 0 spiro atoms. The summed E-state index contributed by atoms with van der Waals surface area (Å²) in [6.45, 7) is 3.57. The monoisotopic (exact) mass is 338 g/mol. The first kappa shape index (κ1) is 16.4. The standard InChI is InChI=1S/C16H22N2O4S/c1-10-3-6-14(18(19)20)9-16(10)23(21,22)17-11(2)15-8-12-4-5-13(15)7-12/h3,6,9,11-13,15,17H,4-5,7-8H2,1-2H3/t11-,12-,13-,15+/m0/s1. The average Bonchev–Trinajstić information content (AvgIpc) is 3.09. The van der Waals surface area contributed by atoms with E-state index in [1.54, 1.807) is 6.92 Å². The number of hydrogen-bond acceptors (Lipinski definition) is 4. The number of non-ortho nitro benzene ring substituents is 1. The summed E-state index contributed by atoms with van der Waals surface area (Å²) >= 11 is 0. The Bertz CT molecular complexity index is 732. The predicted molar refractivity (Wildman–Crippen MR) is 86.6 cm³/mol. The van der Waals surface area contributed by atoms with Gasteiger partial charge in [0, 0.05) is 18.2 Å². The van der Waals surface area contributed by atoms with E-state index in [9.17, 15) is 18.5 Å². The van der Waals surface area contributed by atoms with E-state index in [0.717, 1.165) is 18.4 Å². The van der Waals surface area contributed by atoms with Gasteiger partial charge in [0.05, 0.1) is 9.82 Å². The van der Waals surface area contributed by atoms with Gasteiger partial charge in [0.15, 0.2) is 0 Å². The lowest BCUT2D eigenvalue weighted by atomic mass is 9.84. The van der Waals surface area contributed by atoms with Gasteiger partial charge in [0.25, 0.3) is 5.69 Å². The van der Waals surface area contributed by atoms with Crippen LogP contribution in [0, 0.1) is 34.8 Å². The maximum Gasteiger partial charge on any atom is 0.270 e. The van der Waals surface area contributed by atoms with Gasteiger partial charge in [0.1, 0.15) is 0 Å². The largest absolute Gasteiger partial charge is 0.270 e. The molecule has 7 heteroatoms. The van der Waals surface area contributed by atoms with E-state index in [4.69, 9.17) is 0 Å². The molecule has 1 aromatic rings. The van der Waals surface area contributed by atoms with Crippen LogP contribution in [-0.4, -0.2) is 19.4 Å². The molecule has 0 saturated heterocycles. The smallest absolute Gasteiger partial charge is 0.258 e. The number of nitrogens with one attached hydrogen (secondary N) is 1. The van der Waals surface area contributed by atoms with E-state index in [2.05, 4.69) is 4.72 Å².